The van der Waals surface area contributed by atoms with E-state index in [1.54, 1.807) is 14.2 Å². The molecule has 0 aliphatic heterocycles. The first-order chi connectivity index (χ1) is 8.80. The molecule has 3 nitrogen and oxygen atoms in total. The molecule has 0 spiro atoms. The van der Waals surface area contributed by atoms with Gasteiger partial charge in [-0.3, -0.25) is 0 Å². The minimum Gasteiger partial charge on any atom is -0.497 e. The molecular weight excluding hydrogens is 228 g/mol. The van der Waals surface area contributed by atoms with Crippen molar-refractivity contribution in [3.63, 3.8) is 0 Å². The number of hydrogen-bond acceptors (Lipinski definition) is 3. The van der Waals surface area contributed by atoms with E-state index in [2.05, 4.69) is 0 Å². The molecule has 98 valence electrons. The summed E-state index contributed by atoms with van der Waals surface area (Å²) in [5, 5.41) is 0. The number of benzene rings is 1. The van der Waals surface area contributed by atoms with Gasteiger partial charge in [0.05, 0.1) is 14.2 Å². The van der Waals surface area contributed by atoms with Gasteiger partial charge in [0.1, 0.15) is 17.8 Å². The summed E-state index contributed by atoms with van der Waals surface area (Å²) in [5.74, 6) is 2.62. The number of methoxy groups -OCH3 is 2. The SMILES string of the molecule is COc1ccc(OC)c(C2CCCC2CC=O)c1. The number of hydrogen-bond donors (Lipinski definition) is 0. The van der Waals surface area contributed by atoms with Crippen LogP contribution in [0.25, 0.3) is 0 Å². The van der Waals surface area contributed by atoms with Gasteiger partial charge in [0.2, 0.25) is 0 Å². The van der Waals surface area contributed by atoms with E-state index in [9.17, 15) is 4.79 Å². The fourth-order valence-electron chi connectivity index (χ4n) is 2.98. The van der Waals surface area contributed by atoms with Crippen LogP contribution < -0.4 is 9.47 Å². The average Bonchev–Trinajstić information content (AvgIpc) is 2.86. The molecule has 1 aliphatic carbocycles. The molecule has 0 N–H and O–H groups in total. The van der Waals surface area contributed by atoms with Crippen LogP contribution in [-0.4, -0.2) is 20.5 Å². The molecule has 3 heteroatoms. The molecule has 0 amide bonds. The van der Waals surface area contributed by atoms with Crippen LogP contribution in [0.5, 0.6) is 11.5 Å². The Hall–Kier alpha value is -1.51. The Morgan fingerprint density at radius 1 is 1.28 bits per heavy atom. The Morgan fingerprint density at radius 2 is 2.11 bits per heavy atom. The number of aldehydes is 1. The second kappa shape index (κ2) is 5.89. The highest BCUT2D eigenvalue weighted by Crippen LogP contribution is 2.45. The Balaban J connectivity index is 2.32. The fourth-order valence-corrected chi connectivity index (χ4v) is 2.98. The summed E-state index contributed by atoms with van der Waals surface area (Å²) in [4.78, 5) is 10.8. The van der Waals surface area contributed by atoms with Crippen molar-refractivity contribution in [2.75, 3.05) is 14.2 Å². The van der Waals surface area contributed by atoms with Crippen molar-refractivity contribution in [3.05, 3.63) is 23.8 Å². The molecule has 0 aromatic heterocycles. The topological polar surface area (TPSA) is 35.5 Å². The highest BCUT2D eigenvalue weighted by Gasteiger charge is 2.30. The summed E-state index contributed by atoms with van der Waals surface area (Å²) >= 11 is 0. The smallest absolute Gasteiger partial charge is 0.122 e. The first kappa shape index (κ1) is 12.9. The molecule has 2 unspecified atom stereocenters. The van der Waals surface area contributed by atoms with Gasteiger partial charge in [-0.1, -0.05) is 6.42 Å². The standard InChI is InChI=1S/C15H20O3/c1-17-12-6-7-15(18-2)14(10-12)13-5-3-4-11(13)8-9-16/h6-7,9-11,13H,3-5,8H2,1-2H3. The van der Waals surface area contributed by atoms with Gasteiger partial charge < -0.3 is 14.3 Å². The van der Waals surface area contributed by atoms with Crippen molar-refractivity contribution in [1.82, 2.24) is 0 Å². The predicted octanol–water partition coefficient (Wildman–Crippen LogP) is 3.18. The van der Waals surface area contributed by atoms with E-state index >= 15 is 0 Å². The number of carbonyl (C=O) groups excluding carboxylic acids is 1. The lowest BCUT2D eigenvalue weighted by Gasteiger charge is -2.21. The lowest BCUT2D eigenvalue weighted by atomic mass is 9.86. The highest BCUT2D eigenvalue weighted by molar-refractivity contribution is 5.51. The molecule has 2 atom stereocenters. The third-order valence-electron chi connectivity index (χ3n) is 3.89. The van der Waals surface area contributed by atoms with Crippen molar-refractivity contribution in [1.29, 1.82) is 0 Å². The summed E-state index contributed by atoms with van der Waals surface area (Å²) in [6, 6.07) is 5.91. The Kier molecular flexibility index (Phi) is 4.24. The van der Waals surface area contributed by atoms with Crippen LogP contribution >= 0.6 is 0 Å². The summed E-state index contributed by atoms with van der Waals surface area (Å²) in [5.41, 5.74) is 1.18. The molecule has 0 bridgehead atoms. The van der Waals surface area contributed by atoms with E-state index in [0.29, 0.717) is 18.3 Å². The second-order valence-electron chi connectivity index (χ2n) is 4.81. The zero-order valence-electron chi connectivity index (χ0n) is 11.0. The van der Waals surface area contributed by atoms with Crippen LogP contribution in [0.1, 0.15) is 37.2 Å². The van der Waals surface area contributed by atoms with E-state index in [-0.39, 0.29) is 0 Å². The average molecular weight is 248 g/mol. The van der Waals surface area contributed by atoms with Gasteiger partial charge in [0, 0.05) is 12.0 Å². The largest absolute Gasteiger partial charge is 0.497 e. The molecule has 18 heavy (non-hydrogen) atoms. The molecule has 1 saturated carbocycles. The molecular formula is C15H20O3. The summed E-state index contributed by atoms with van der Waals surface area (Å²) in [6.45, 7) is 0. The van der Waals surface area contributed by atoms with Gasteiger partial charge in [0.25, 0.3) is 0 Å². The maximum Gasteiger partial charge on any atom is 0.122 e. The molecule has 1 aromatic rings. The first-order valence-corrected chi connectivity index (χ1v) is 6.45. The van der Waals surface area contributed by atoms with E-state index in [1.807, 2.05) is 18.2 Å². The van der Waals surface area contributed by atoms with Crippen LogP contribution in [0.3, 0.4) is 0 Å². The van der Waals surface area contributed by atoms with E-state index in [1.165, 1.54) is 12.0 Å². The van der Waals surface area contributed by atoms with Crippen LogP contribution in [0.4, 0.5) is 0 Å². The lowest BCUT2D eigenvalue weighted by molar-refractivity contribution is -0.108. The molecule has 1 fully saturated rings. The zero-order chi connectivity index (χ0) is 13.0. The van der Waals surface area contributed by atoms with Gasteiger partial charge >= 0.3 is 0 Å². The van der Waals surface area contributed by atoms with E-state index < -0.39 is 0 Å². The van der Waals surface area contributed by atoms with Crippen molar-refractivity contribution in [2.45, 2.75) is 31.6 Å². The predicted molar refractivity (Wildman–Crippen MR) is 70.3 cm³/mol. The van der Waals surface area contributed by atoms with Gasteiger partial charge in [-0.25, -0.2) is 0 Å². The van der Waals surface area contributed by atoms with Crippen molar-refractivity contribution >= 4 is 6.29 Å². The fraction of sp³-hybridized carbons (Fsp3) is 0.533. The van der Waals surface area contributed by atoms with Crippen molar-refractivity contribution in [2.24, 2.45) is 5.92 Å². The van der Waals surface area contributed by atoms with Crippen molar-refractivity contribution < 1.29 is 14.3 Å². The van der Waals surface area contributed by atoms with Gasteiger partial charge in [0.15, 0.2) is 0 Å². The highest BCUT2D eigenvalue weighted by atomic mass is 16.5. The third kappa shape index (κ3) is 2.50. The van der Waals surface area contributed by atoms with Gasteiger partial charge in [-0.05, 0) is 42.9 Å². The van der Waals surface area contributed by atoms with E-state index in [4.69, 9.17) is 9.47 Å². The van der Waals surface area contributed by atoms with Crippen molar-refractivity contribution in [3.8, 4) is 11.5 Å². The second-order valence-corrected chi connectivity index (χ2v) is 4.81. The Labute approximate surface area is 108 Å². The van der Waals surface area contributed by atoms with Crippen LogP contribution in [0, 0.1) is 5.92 Å². The Morgan fingerprint density at radius 3 is 2.78 bits per heavy atom. The first-order valence-electron chi connectivity index (χ1n) is 6.45. The molecule has 0 saturated heterocycles. The third-order valence-corrected chi connectivity index (χ3v) is 3.89. The van der Waals surface area contributed by atoms with Crippen LogP contribution in [0.2, 0.25) is 0 Å². The van der Waals surface area contributed by atoms with E-state index in [0.717, 1.165) is 30.6 Å². The monoisotopic (exact) mass is 248 g/mol. The normalized spacial score (nSPS) is 22.8. The molecule has 2 rings (SSSR count). The minimum absolute atomic E-state index is 0.417. The maximum absolute atomic E-state index is 10.8. The molecule has 0 radical (unpaired) electrons. The maximum atomic E-state index is 10.8. The van der Waals surface area contributed by atoms with Gasteiger partial charge in [-0.15, -0.1) is 0 Å². The lowest BCUT2D eigenvalue weighted by Crippen LogP contribution is -2.08. The summed E-state index contributed by atoms with van der Waals surface area (Å²) < 4.78 is 10.7. The number of rotatable bonds is 5. The summed E-state index contributed by atoms with van der Waals surface area (Å²) in [7, 11) is 3.36. The van der Waals surface area contributed by atoms with Crippen LogP contribution in [-0.2, 0) is 4.79 Å². The molecule has 1 aliphatic rings. The number of ether oxygens (including phenoxy) is 2. The zero-order valence-corrected chi connectivity index (χ0v) is 11.0. The molecule has 0 heterocycles. The van der Waals surface area contributed by atoms with Gasteiger partial charge in [-0.2, -0.15) is 0 Å². The quantitative estimate of drug-likeness (QED) is 0.751. The number of carbonyl (C=O) groups is 1. The van der Waals surface area contributed by atoms with Crippen LogP contribution in [0.15, 0.2) is 18.2 Å². The summed E-state index contributed by atoms with van der Waals surface area (Å²) in [6.07, 6.45) is 5.12. The Bertz CT molecular complexity index is 414. The molecule has 1 aromatic carbocycles. The minimum atomic E-state index is 0.417.